The van der Waals surface area contributed by atoms with Gasteiger partial charge >= 0.3 is 5.97 Å². The third-order valence-corrected chi connectivity index (χ3v) is 4.46. The number of esters is 1. The summed E-state index contributed by atoms with van der Waals surface area (Å²) in [7, 11) is 0. The van der Waals surface area contributed by atoms with Gasteiger partial charge in [0.2, 0.25) is 0 Å². The van der Waals surface area contributed by atoms with Crippen LogP contribution in [0, 0.1) is 0 Å². The molecular formula is C22H26N2O5. The first-order valence-electron chi connectivity index (χ1n) is 9.46. The summed E-state index contributed by atoms with van der Waals surface area (Å²) in [5, 5.41) is 2.82. The van der Waals surface area contributed by atoms with E-state index in [1.54, 1.807) is 12.1 Å². The Kier molecular flexibility index (Phi) is 8.21. The Bertz CT molecular complexity index is 838. The minimum absolute atomic E-state index is 0.164. The maximum atomic E-state index is 12.3. The quantitative estimate of drug-likeness (QED) is 0.598. The maximum Gasteiger partial charge on any atom is 0.344 e. The molecule has 0 aromatic heterocycles. The van der Waals surface area contributed by atoms with Gasteiger partial charge in [-0.05, 0) is 31.0 Å². The van der Waals surface area contributed by atoms with E-state index in [4.69, 9.17) is 15.2 Å². The van der Waals surface area contributed by atoms with Crippen LogP contribution in [0.3, 0.4) is 0 Å². The lowest BCUT2D eigenvalue weighted by Gasteiger charge is -2.18. The molecule has 0 saturated heterocycles. The van der Waals surface area contributed by atoms with Gasteiger partial charge in [-0.1, -0.05) is 49.4 Å². The molecule has 2 amide bonds. The fourth-order valence-electron chi connectivity index (χ4n) is 2.81. The van der Waals surface area contributed by atoms with E-state index in [1.807, 2.05) is 30.3 Å². The summed E-state index contributed by atoms with van der Waals surface area (Å²) < 4.78 is 10.4. The largest absolute Gasteiger partial charge is 0.481 e. The van der Waals surface area contributed by atoms with Crippen LogP contribution in [0.5, 0.6) is 5.75 Å². The number of para-hydroxylation sites is 1. The molecule has 2 aromatic carbocycles. The number of carbonyl (C=O) groups excluding carboxylic acids is 3. The first kappa shape index (κ1) is 21.9. The topological polar surface area (TPSA) is 108 Å². The van der Waals surface area contributed by atoms with Crippen LogP contribution in [0.2, 0.25) is 0 Å². The van der Waals surface area contributed by atoms with Crippen LogP contribution in [0.25, 0.3) is 0 Å². The van der Waals surface area contributed by atoms with Gasteiger partial charge < -0.3 is 20.5 Å². The summed E-state index contributed by atoms with van der Waals surface area (Å²) in [6.07, 6.45) is -0.100. The Balaban J connectivity index is 1.81. The van der Waals surface area contributed by atoms with Crippen LogP contribution in [0.1, 0.15) is 42.1 Å². The molecule has 0 fully saturated rings. The average Bonchev–Trinajstić information content (AvgIpc) is 2.73. The van der Waals surface area contributed by atoms with Crippen LogP contribution >= 0.6 is 0 Å². The molecule has 0 radical (unpaired) electrons. The van der Waals surface area contributed by atoms with Crippen molar-refractivity contribution in [3.8, 4) is 5.75 Å². The zero-order valence-electron chi connectivity index (χ0n) is 16.6. The second-order valence-electron chi connectivity index (χ2n) is 6.54. The Hall–Kier alpha value is -3.35. The number of ether oxygens (including phenoxy) is 2. The molecule has 2 rings (SSSR count). The lowest BCUT2D eigenvalue weighted by molar-refractivity contribution is -0.156. The van der Waals surface area contributed by atoms with Crippen molar-refractivity contribution in [3.63, 3.8) is 0 Å². The van der Waals surface area contributed by atoms with E-state index in [-0.39, 0.29) is 23.1 Å². The minimum Gasteiger partial charge on any atom is -0.481 e. The van der Waals surface area contributed by atoms with Crippen molar-refractivity contribution >= 4 is 17.8 Å². The highest BCUT2D eigenvalue weighted by Crippen LogP contribution is 2.18. The molecule has 2 aromatic rings. The summed E-state index contributed by atoms with van der Waals surface area (Å²) in [6, 6.07) is 16.2. The summed E-state index contributed by atoms with van der Waals surface area (Å²) in [4.78, 5) is 35.6. The average molecular weight is 398 g/mol. The smallest absolute Gasteiger partial charge is 0.344 e. The molecule has 0 unspecified atom stereocenters. The highest BCUT2D eigenvalue weighted by Gasteiger charge is 2.20. The van der Waals surface area contributed by atoms with Gasteiger partial charge in [-0.3, -0.25) is 9.59 Å². The van der Waals surface area contributed by atoms with Crippen molar-refractivity contribution in [2.24, 2.45) is 5.73 Å². The number of primary amides is 1. The number of hydrogen-bond donors (Lipinski definition) is 2. The van der Waals surface area contributed by atoms with Crippen LogP contribution in [0.4, 0.5) is 0 Å². The Morgan fingerprint density at radius 2 is 1.69 bits per heavy atom. The highest BCUT2D eigenvalue weighted by atomic mass is 16.6. The van der Waals surface area contributed by atoms with Crippen molar-refractivity contribution in [2.45, 2.75) is 32.3 Å². The summed E-state index contributed by atoms with van der Waals surface area (Å²) >= 11 is 0. The van der Waals surface area contributed by atoms with E-state index in [1.165, 1.54) is 19.1 Å². The van der Waals surface area contributed by atoms with Gasteiger partial charge in [0.05, 0.1) is 5.56 Å². The summed E-state index contributed by atoms with van der Waals surface area (Å²) in [5.74, 6) is -1.41. The van der Waals surface area contributed by atoms with Gasteiger partial charge in [0.25, 0.3) is 11.8 Å². The summed E-state index contributed by atoms with van der Waals surface area (Å²) in [5.41, 5.74) is 6.57. The van der Waals surface area contributed by atoms with Crippen molar-refractivity contribution in [2.75, 3.05) is 13.2 Å². The number of nitrogens with two attached hydrogens (primary N) is 1. The first-order valence-corrected chi connectivity index (χ1v) is 9.46. The fraction of sp³-hybridized carbons (Fsp3) is 0.318. The minimum atomic E-state index is -0.967. The third kappa shape index (κ3) is 6.64. The number of hydrogen-bond acceptors (Lipinski definition) is 5. The van der Waals surface area contributed by atoms with Crippen LogP contribution in [-0.2, 0) is 14.3 Å². The van der Waals surface area contributed by atoms with Gasteiger partial charge in [-0.25, -0.2) is 4.79 Å². The molecule has 7 heteroatoms. The molecule has 154 valence electrons. The van der Waals surface area contributed by atoms with Crippen LogP contribution in [0.15, 0.2) is 54.6 Å². The van der Waals surface area contributed by atoms with Gasteiger partial charge in [-0.15, -0.1) is 0 Å². The van der Waals surface area contributed by atoms with E-state index in [0.717, 1.165) is 12.0 Å². The molecule has 29 heavy (non-hydrogen) atoms. The molecule has 0 aliphatic carbocycles. The van der Waals surface area contributed by atoms with Gasteiger partial charge in [0.1, 0.15) is 5.75 Å². The monoisotopic (exact) mass is 398 g/mol. The van der Waals surface area contributed by atoms with Crippen molar-refractivity contribution in [3.05, 3.63) is 65.7 Å². The van der Waals surface area contributed by atoms with Crippen LogP contribution in [-0.4, -0.2) is 37.0 Å². The zero-order chi connectivity index (χ0) is 21.2. The number of amides is 2. The van der Waals surface area contributed by atoms with Gasteiger partial charge in [0.15, 0.2) is 12.7 Å². The molecule has 0 saturated carbocycles. The standard InChI is InChI=1S/C22H26N2O5/c1-3-16(17-9-5-4-6-10-17)13-24-22(27)15(2)29-20(25)14-28-19-12-8-7-11-18(19)21(23)26/h4-12,15-16H,3,13-14H2,1-2H3,(H2,23,26)(H,24,27)/t15-,16+/m0/s1. The highest BCUT2D eigenvalue weighted by molar-refractivity contribution is 5.95. The Labute approximate surface area is 170 Å². The molecule has 7 nitrogen and oxygen atoms in total. The van der Waals surface area contributed by atoms with Gasteiger partial charge in [0, 0.05) is 12.5 Å². The molecule has 2 atom stereocenters. The molecule has 0 heterocycles. The fourth-order valence-corrected chi connectivity index (χ4v) is 2.81. The summed E-state index contributed by atoms with van der Waals surface area (Å²) in [6.45, 7) is 3.55. The predicted octanol–water partition coefficient (Wildman–Crippen LogP) is 2.41. The lowest BCUT2D eigenvalue weighted by atomic mass is 9.96. The number of benzene rings is 2. The third-order valence-electron chi connectivity index (χ3n) is 4.46. The van der Waals surface area contributed by atoms with Crippen molar-refractivity contribution in [1.29, 1.82) is 0 Å². The predicted molar refractivity (Wildman–Crippen MR) is 108 cm³/mol. The first-order chi connectivity index (χ1) is 13.9. The zero-order valence-corrected chi connectivity index (χ0v) is 16.6. The number of rotatable bonds is 10. The molecule has 0 bridgehead atoms. The van der Waals surface area contributed by atoms with E-state index in [9.17, 15) is 14.4 Å². The number of carbonyl (C=O) groups is 3. The Morgan fingerprint density at radius 3 is 2.34 bits per heavy atom. The van der Waals surface area contributed by atoms with E-state index in [2.05, 4.69) is 12.2 Å². The van der Waals surface area contributed by atoms with Gasteiger partial charge in [-0.2, -0.15) is 0 Å². The second kappa shape index (κ2) is 10.8. The molecule has 0 aliphatic rings. The normalized spacial score (nSPS) is 12.5. The lowest BCUT2D eigenvalue weighted by Crippen LogP contribution is -2.38. The maximum absolute atomic E-state index is 12.3. The number of nitrogens with one attached hydrogen (secondary N) is 1. The van der Waals surface area contributed by atoms with E-state index >= 15 is 0 Å². The molecule has 3 N–H and O–H groups in total. The SMILES string of the molecule is CC[C@H](CNC(=O)[C@H](C)OC(=O)COc1ccccc1C(N)=O)c1ccccc1. The van der Waals surface area contributed by atoms with Crippen molar-refractivity contribution in [1.82, 2.24) is 5.32 Å². The molecule has 0 spiro atoms. The molecule has 0 aliphatic heterocycles. The van der Waals surface area contributed by atoms with Crippen molar-refractivity contribution < 1.29 is 23.9 Å². The van der Waals surface area contributed by atoms with E-state index in [0.29, 0.717) is 6.54 Å². The Morgan fingerprint density at radius 1 is 1.03 bits per heavy atom. The second-order valence-corrected chi connectivity index (χ2v) is 6.54. The molecular weight excluding hydrogens is 372 g/mol. The van der Waals surface area contributed by atoms with E-state index < -0.39 is 24.6 Å². The van der Waals surface area contributed by atoms with Crippen LogP contribution < -0.4 is 15.8 Å².